The van der Waals surface area contributed by atoms with Gasteiger partial charge in [-0.1, -0.05) is 19.8 Å². The van der Waals surface area contributed by atoms with Crippen LogP contribution in [-0.2, 0) is 9.47 Å². The highest BCUT2D eigenvalue weighted by molar-refractivity contribution is 4.78. The van der Waals surface area contributed by atoms with Gasteiger partial charge in [0.05, 0.1) is 0 Å². The first-order valence-electron chi connectivity index (χ1n) is 5.57. The van der Waals surface area contributed by atoms with E-state index in [0.29, 0.717) is 6.04 Å². The molecule has 14 heavy (non-hydrogen) atoms. The normalized spacial score (nSPS) is 28.3. The minimum atomic E-state index is -0.107. The molecule has 0 aliphatic heterocycles. The molecule has 1 aliphatic carbocycles. The molecule has 3 nitrogen and oxygen atoms in total. The first-order chi connectivity index (χ1) is 6.77. The van der Waals surface area contributed by atoms with E-state index in [9.17, 15) is 0 Å². The minimum absolute atomic E-state index is 0.107. The van der Waals surface area contributed by atoms with Crippen molar-refractivity contribution in [2.24, 2.45) is 5.92 Å². The molecule has 84 valence electrons. The molecule has 0 heterocycles. The van der Waals surface area contributed by atoms with Crippen molar-refractivity contribution in [1.82, 2.24) is 5.32 Å². The maximum absolute atomic E-state index is 5.14. The molecule has 1 saturated carbocycles. The van der Waals surface area contributed by atoms with Crippen LogP contribution in [0.5, 0.6) is 0 Å². The summed E-state index contributed by atoms with van der Waals surface area (Å²) in [5.74, 6) is 0.790. The third kappa shape index (κ3) is 3.56. The van der Waals surface area contributed by atoms with Gasteiger partial charge in [-0.25, -0.2) is 0 Å². The van der Waals surface area contributed by atoms with Gasteiger partial charge in [0.1, 0.15) is 0 Å². The van der Waals surface area contributed by atoms with Crippen LogP contribution in [0.2, 0.25) is 0 Å². The molecular formula is C11H23NO2. The lowest BCUT2D eigenvalue weighted by Gasteiger charge is -2.30. The maximum Gasteiger partial charge on any atom is 0.169 e. The Labute approximate surface area is 87.2 Å². The molecule has 0 spiro atoms. The zero-order valence-corrected chi connectivity index (χ0v) is 9.58. The monoisotopic (exact) mass is 201 g/mol. The lowest BCUT2D eigenvalue weighted by molar-refractivity contribution is -0.101. The largest absolute Gasteiger partial charge is 0.355 e. The molecule has 0 aromatic rings. The van der Waals surface area contributed by atoms with E-state index < -0.39 is 0 Å². The van der Waals surface area contributed by atoms with Gasteiger partial charge in [-0.05, 0) is 18.8 Å². The predicted molar refractivity (Wildman–Crippen MR) is 57.2 cm³/mol. The average molecular weight is 201 g/mol. The SMILES string of the molecule is COC(CNC1CCCCC1C)OC. The Kier molecular flexibility index (Phi) is 5.45. The zero-order chi connectivity index (χ0) is 10.4. The summed E-state index contributed by atoms with van der Waals surface area (Å²) in [6, 6.07) is 0.650. The minimum Gasteiger partial charge on any atom is -0.355 e. The van der Waals surface area contributed by atoms with E-state index in [-0.39, 0.29) is 6.29 Å². The Morgan fingerprint density at radius 1 is 1.21 bits per heavy atom. The topological polar surface area (TPSA) is 30.5 Å². The highest BCUT2D eigenvalue weighted by Gasteiger charge is 2.21. The predicted octanol–water partition coefficient (Wildman–Crippen LogP) is 1.77. The van der Waals surface area contributed by atoms with Crippen molar-refractivity contribution in [3.8, 4) is 0 Å². The summed E-state index contributed by atoms with van der Waals surface area (Å²) in [7, 11) is 3.36. The van der Waals surface area contributed by atoms with Crippen molar-refractivity contribution in [2.45, 2.75) is 44.9 Å². The van der Waals surface area contributed by atoms with Crippen molar-refractivity contribution in [3.63, 3.8) is 0 Å². The molecule has 1 aliphatic rings. The molecule has 0 radical (unpaired) electrons. The van der Waals surface area contributed by atoms with Crippen molar-refractivity contribution < 1.29 is 9.47 Å². The Bertz CT molecular complexity index is 148. The summed E-state index contributed by atoms with van der Waals surface area (Å²) in [6.07, 6.45) is 5.28. The maximum atomic E-state index is 5.14. The third-order valence-corrected chi connectivity index (χ3v) is 3.18. The lowest BCUT2D eigenvalue weighted by Crippen LogP contribution is -2.42. The number of ether oxygens (including phenoxy) is 2. The molecule has 1 rings (SSSR count). The van der Waals surface area contributed by atoms with Gasteiger partial charge >= 0.3 is 0 Å². The smallest absolute Gasteiger partial charge is 0.169 e. The Morgan fingerprint density at radius 2 is 1.86 bits per heavy atom. The molecule has 3 heteroatoms. The van der Waals surface area contributed by atoms with Crippen LogP contribution in [0.3, 0.4) is 0 Å². The van der Waals surface area contributed by atoms with Gasteiger partial charge in [0.25, 0.3) is 0 Å². The molecule has 0 amide bonds. The first-order valence-corrected chi connectivity index (χ1v) is 5.57. The fourth-order valence-corrected chi connectivity index (χ4v) is 2.13. The van der Waals surface area contributed by atoms with E-state index in [0.717, 1.165) is 12.5 Å². The number of rotatable bonds is 5. The molecule has 1 fully saturated rings. The van der Waals surface area contributed by atoms with Crippen LogP contribution >= 0.6 is 0 Å². The fraction of sp³-hybridized carbons (Fsp3) is 1.00. The van der Waals surface area contributed by atoms with E-state index in [1.54, 1.807) is 14.2 Å². The van der Waals surface area contributed by atoms with E-state index in [1.165, 1.54) is 25.7 Å². The molecule has 0 aromatic carbocycles. The third-order valence-electron chi connectivity index (χ3n) is 3.18. The number of hydrogen-bond donors (Lipinski definition) is 1. The summed E-state index contributed by atoms with van der Waals surface area (Å²) < 4.78 is 10.3. The van der Waals surface area contributed by atoms with Crippen LogP contribution in [0.1, 0.15) is 32.6 Å². The van der Waals surface area contributed by atoms with E-state index in [1.807, 2.05) is 0 Å². The standard InChI is InChI=1S/C11H23NO2/c1-9-6-4-5-7-10(9)12-8-11(13-2)14-3/h9-12H,4-8H2,1-3H3. The van der Waals surface area contributed by atoms with Crippen molar-refractivity contribution in [3.05, 3.63) is 0 Å². The number of methoxy groups -OCH3 is 2. The summed E-state index contributed by atoms with van der Waals surface area (Å²) in [6.45, 7) is 3.12. The van der Waals surface area contributed by atoms with Crippen LogP contribution in [0, 0.1) is 5.92 Å². The van der Waals surface area contributed by atoms with E-state index in [4.69, 9.17) is 9.47 Å². The van der Waals surface area contributed by atoms with Crippen LogP contribution in [0.15, 0.2) is 0 Å². The second-order valence-corrected chi connectivity index (χ2v) is 4.18. The Balaban J connectivity index is 2.21. The van der Waals surface area contributed by atoms with Gasteiger partial charge < -0.3 is 14.8 Å². The van der Waals surface area contributed by atoms with Crippen LogP contribution < -0.4 is 5.32 Å². The second kappa shape index (κ2) is 6.38. The van der Waals surface area contributed by atoms with Crippen LogP contribution in [0.25, 0.3) is 0 Å². The fourth-order valence-electron chi connectivity index (χ4n) is 2.13. The zero-order valence-electron chi connectivity index (χ0n) is 9.58. The quantitative estimate of drug-likeness (QED) is 0.688. The first kappa shape index (κ1) is 12.0. The summed E-state index contributed by atoms with van der Waals surface area (Å²) in [5.41, 5.74) is 0. The van der Waals surface area contributed by atoms with Crippen LogP contribution in [-0.4, -0.2) is 33.1 Å². The summed E-state index contributed by atoms with van der Waals surface area (Å²) in [4.78, 5) is 0. The van der Waals surface area contributed by atoms with Crippen LogP contribution in [0.4, 0.5) is 0 Å². The van der Waals surface area contributed by atoms with Gasteiger partial charge in [0.15, 0.2) is 6.29 Å². The van der Waals surface area contributed by atoms with E-state index in [2.05, 4.69) is 12.2 Å². The molecule has 2 atom stereocenters. The van der Waals surface area contributed by atoms with Crippen molar-refractivity contribution in [1.29, 1.82) is 0 Å². The van der Waals surface area contributed by atoms with Gasteiger partial charge in [0, 0.05) is 26.8 Å². The number of nitrogens with one attached hydrogen (secondary N) is 1. The van der Waals surface area contributed by atoms with Gasteiger partial charge in [-0.3, -0.25) is 0 Å². The lowest BCUT2D eigenvalue weighted by atomic mass is 9.86. The molecule has 1 N–H and O–H groups in total. The van der Waals surface area contributed by atoms with Gasteiger partial charge in [-0.2, -0.15) is 0 Å². The highest BCUT2D eigenvalue weighted by Crippen LogP contribution is 2.23. The molecular weight excluding hydrogens is 178 g/mol. The molecule has 2 unspecified atom stereocenters. The van der Waals surface area contributed by atoms with Gasteiger partial charge in [0.2, 0.25) is 0 Å². The molecule has 0 bridgehead atoms. The Morgan fingerprint density at radius 3 is 2.43 bits per heavy atom. The molecule has 0 aromatic heterocycles. The van der Waals surface area contributed by atoms with Crippen molar-refractivity contribution in [2.75, 3.05) is 20.8 Å². The highest BCUT2D eigenvalue weighted by atomic mass is 16.7. The van der Waals surface area contributed by atoms with Crippen molar-refractivity contribution >= 4 is 0 Å². The average Bonchev–Trinajstić information content (AvgIpc) is 2.22. The molecule has 0 saturated heterocycles. The summed E-state index contributed by atoms with van der Waals surface area (Å²) >= 11 is 0. The number of hydrogen-bond acceptors (Lipinski definition) is 3. The van der Waals surface area contributed by atoms with Gasteiger partial charge in [-0.15, -0.1) is 0 Å². The second-order valence-electron chi connectivity index (χ2n) is 4.18. The summed E-state index contributed by atoms with van der Waals surface area (Å²) in [5, 5.41) is 3.52. The Hall–Kier alpha value is -0.120. The van der Waals surface area contributed by atoms with E-state index >= 15 is 0 Å².